The number of rotatable bonds is 8. The Morgan fingerprint density at radius 3 is 2.28 bits per heavy atom. The Bertz CT molecular complexity index is 1310. The van der Waals surface area contributed by atoms with Crippen LogP contribution in [-0.4, -0.2) is 28.1 Å². The molecule has 1 spiro atoms. The number of carbonyl (C=O) groups is 1. The van der Waals surface area contributed by atoms with Crippen molar-refractivity contribution in [3.63, 3.8) is 0 Å². The molecular weight excluding hydrogens is 568 g/mol. The van der Waals surface area contributed by atoms with Crippen molar-refractivity contribution in [3.05, 3.63) is 35.9 Å². The lowest BCUT2D eigenvalue weighted by Crippen LogP contribution is -2.69. The zero-order valence-electron chi connectivity index (χ0n) is 30.0. The Labute approximate surface area is 279 Å². The van der Waals surface area contributed by atoms with Crippen molar-refractivity contribution in [2.24, 2.45) is 56.2 Å². The Hall–Kier alpha value is -1.39. The SMILES string of the molecule is CCCCCC[C@@]12CC[C@]3(C)[C@@H]4CC[C@]5(O)O[C@H](Cc6ccccc6)[C@@]4(CC[C@@H]3[C@@]1(C)CC[C@]1(C)CC[C@@](C)(C(=O)O)CC12)[C@H]5C. The molecule has 6 aliphatic rings. The van der Waals surface area contributed by atoms with E-state index in [-0.39, 0.29) is 39.1 Å². The normalized spacial score (nSPS) is 51.0. The van der Waals surface area contributed by atoms with Crippen LogP contribution in [0.15, 0.2) is 30.3 Å². The third-order valence-electron chi connectivity index (χ3n) is 17.2. The molecule has 256 valence electrons. The number of carboxylic acid groups (broad SMARTS) is 1. The monoisotopic (exact) mass is 632 g/mol. The highest BCUT2D eigenvalue weighted by molar-refractivity contribution is 5.74. The maximum Gasteiger partial charge on any atom is 0.309 e. The van der Waals surface area contributed by atoms with Gasteiger partial charge in [-0.2, -0.15) is 0 Å². The summed E-state index contributed by atoms with van der Waals surface area (Å²) >= 11 is 0. The van der Waals surface area contributed by atoms with Crippen molar-refractivity contribution in [2.45, 2.75) is 163 Å². The van der Waals surface area contributed by atoms with Crippen LogP contribution in [-0.2, 0) is 16.0 Å². The van der Waals surface area contributed by atoms with Gasteiger partial charge in [0.2, 0.25) is 0 Å². The summed E-state index contributed by atoms with van der Waals surface area (Å²) < 4.78 is 6.83. The van der Waals surface area contributed by atoms with Crippen LogP contribution in [0.4, 0.5) is 0 Å². The number of hydrogen-bond donors (Lipinski definition) is 2. The molecule has 7 rings (SSSR count). The first-order valence-corrected chi connectivity index (χ1v) is 19.4. The zero-order chi connectivity index (χ0) is 32.8. The van der Waals surface area contributed by atoms with Gasteiger partial charge in [-0.05, 0) is 129 Å². The number of aliphatic hydroxyl groups is 1. The van der Waals surface area contributed by atoms with Crippen molar-refractivity contribution in [3.8, 4) is 0 Å². The van der Waals surface area contributed by atoms with E-state index in [9.17, 15) is 15.0 Å². The molecule has 1 aliphatic heterocycles. The maximum atomic E-state index is 12.8. The van der Waals surface area contributed by atoms with Gasteiger partial charge in [0.25, 0.3) is 0 Å². The highest BCUT2D eigenvalue weighted by Crippen LogP contribution is 2.81. The number of benzene rings is 1. The van der Waals surface area contributed by atoms with E-state index in [1.807, 2.05) is 0 Å². The molecule has 2 N–H and O–H groups in total. The fraction of sp³-hybridized carbons (Fsp3) is 0.833. The van der Waals surface area contributed by atoms with Gasteiger partial charge in [0.1, 0.15) is 0 Å². The minimum absolute atomic E-state index is 0.00147. The largest absolute Gasteiger partial charge is 0.481 e. The van der Waals surface area contributed by atoms with Gasteiger partial charge in [0.15, 0.2) is 5.79 Å². The number of unbranched alkanes of at least 4 members (excludes halogenated alkanes) is 3. The van der Waals surface area contributed by atoms with Gasteiger partial charge in [-0.3, -0.25) is 4.79 Å². The van der Waals surface area contributed by atoms with Crippen LogP contribution >= 0.6 is 0 Å². The molecule has 0 aromatic heterocycles. The molecule has 12 atom stereocenters. The Kier molecular flexibility index (Phi) is 7.96. The van der Waals surface area contributed by atoms with Crippen LogP contribution in [0.5, 0.6) is 0 Å². The van der Waals surface area contributed by atoms with E-state index in [2.05, 4.69) is 71.9 Å². The average molecular weight is 633 g/mol. The molecule has 46 heavy (non-hydrogen) atoms. The van der Waals surface area contributed by atoms with E-state index in [4.69, 9.17) is 4.74 Å². The highest BCUT2D eigenvalue weighted by Gasteiger charge is 2.76. The number of ether oxygens (including phenoxy) is 1. The molecule has 1 unspecified atom stereocenters. The lowest BCUT2D eigenvalue weighted by molar-refractivity contribution is -0.274. The second-order valence-electron chi connectivity index (χ2n) is 18.8. The zero-order valence-corrected chi connectivity index (χ0v) is 30.0. The Morgan fingerprint density at radius 1 is 0.848 bits per heavy atom. The first-order chi connectivity index (χ1) is 21.7. The molecular formula is C42H64O4. The smallest absolute Gasteiger partial charge is 0.309 e. The maximum absolute atomic E-state index is 12.8. The minimum Gasteiger partial charge on any atom is -0.481 e. The minimum atomic E-state index is -1.00. The summed E-state index contributed by atoms with van der Waals surface area (Å²) in [5.74, 6) is 0.224. The summed E-state index contributed by atoms with van der Waals surface area (Å²) in [6.45, 7) is 14.7. The molecule has 5 saturated carbocycles. The second kappa shape index (κ2) is 11.1. The van der Waals surface area contributed by atoms with Crippen molar-refractivity contribution < 1.29 is 19.7 Å². The summed E-state index contributed by atoms with van der Waals surface area (Å²) in [6.07, 6.45) is 19.3. The summed E-state index contributed by atoms with van der Waals surface area (Å²) in [5.41, 5.74) is 1.58. The van der Waals surface area contributed by atoms with Gasteiger partial charge >= 0.3 is 5.97 Å². The van der Waals surface area contributed by atoms with E-state index >= 15 is 0 Å². The molecule has 0 radical (unpaired) electrons. The second-order valence-corrected chi connectivity index (χ2v) is 18.8. The van der Waals surface area contributed by atoms with Gasteiger partial charge in [-0.15, -0.1) is 0 Å². The highest BCUT2D eigenvalue weighted by atomic mass is 16.6. The van der Waals surface area contributed by atoms with E-state index < -0.39 is 17.2 Å². The molecule has 1 heterocycles. The van der Waals surface area contributed by atoms with Gasteiger partial charge in [-0.1, -0.05) is 90.6 Å². The van der Waals surface area contributed by atoms with Crippen LogP contribution in [0, 0.1) is 56.2 Å². The Balaban J connectivity index is 1.28. The summed E-state index contributed by atoms with van der Waals surface area (Å²) in [6, 6.07) is 10.9. The van der Waals surface area contributed by atoms with Gasteiger partial charge in [0, 0.05) is 17.8 Å². The molecule has 4 nitrogen and oxygen atoms in total. The van der Waals surface area contributed by atoms with E-state index in [1.165, 1.54) is 69.8 Å². The average Bonchev–Trinajstić information content (AvgIpc) is 3.13. The van der Waals surface area contributed by atoms with E-state index in [1.54, 1.807) is 0 Å². The van der Waals surface area contributed by atoms with Crippen LogP contribution in [0.25, 0.3) is 0 Å². The summed E-state index contributed by atoms with van der Waals surface area (Å²) in [7, 11) is 0. The topological polar surface area (TPSA) is 66.8 Å². The third kappa shape index (κ3) is 4.39. The first-order valence-electron chi connectivity index (χ1n) is 19.4. The molecule has 1 aromatic carbocycles. The number of carboxylic acids is 1. The lowest BCUT2D eigenvalue weighted by atomic mass is 9.29. The fourth-order valence-corrected chi connectivity index (χ4v) is 14.5. The molecule has 5 aliphatic carbocycles. The van der Waals surface area contributed by atoms with Gasteiger partial charge in [-0.25, -0.2) is 0 Å². The van der Waals surface area contributed by atoms with Crippen molar-refractivity contribution in [1.29, 1.82) is 0 Å². The van der Waals surface area contributed by atoms with Crippen molar-refractivity contribution in [2.75, 3.05) is 0 Å². The standard InChI is InChI=1S/C42H64O4/c1-7-8-9-13-18-40-26-24-38(5)31(39(40,6)25-23-36(3)21-22-37(4,35(43)44)28-33(36)40)16-19-41-29(2)42(45,20-17-32(38)41)46-34(41)27-30-14-11-10-12-15-30/h10-12,14-15,29,31-34,45H,7-9,13,16-28H2,1-6H3,(H,43,44)/t29-,31+,32+,33?,34-,36+,37-,38+,39-,40+,41+,42+/m1/s1. The quantitative estimate of drug-likeness (QED) is 0.280. The summed E-state index contributed by atoms with van der Waals surface area (Å²) in [4.78, 5) is 12.8. The van der Waals surface area contributed by atoms with E-state index in [0.29, 0.717) is 17.8 Å². The Morgan fingerprint density at radius 2 is 1.57 bits per heavy atom. The lowest BCUT2D eigenvalue weighted by Gasteiger charge is -2.75. The van der Waals surface area contributed by atoms with Crippen LogP contribution in [0.1, 0.15) is 150 Å². The number of hydrogen-bond acceptors (Lipinski definition) is 3. The van der Waals surface area contributed by atoms with Crippen molar-refractivity contribution >= 4 is 5.97 Å². The van der Waals surface area contributed by atoms with Crippen molar-refractivity contribution in [1.82, 2.24) is 0 Å². The van der Waals surface area contributed by atoms with Crippen LogP contribution in [0.2, 0.25) is 0 Å². The van der Waals surface area contributed by atoms with Crippen LogP contribution < -0.4 is 0 Å². The summed E-state index contributed by atoms with van der Waals surface area (Å²) in [5, 5.41) is 22.5. The fourth-order valence-electron chi connectivity index (χ4n) is 14.5. The molecule has 2 bridgehead atoms. The first kappa shape index (κ1) is 33.1. The molecule has 1 aromatic rings. The predicted molar refractivity (Wildman–Crippen MR) is 184 cm³/mol. The predicted octanol–water partition coefficient (Wildman–Crippen LogP) is 10.2. The van der Waals surface area contributed by atoms with Crippen LogP contribution in [0.3, 0.4) is 0 Å². The van der Waals surface area contributed by atoms with Gasteiger partial charge in [0.05, 0.1) is 11.5 Å². The third-order valence-corrected chi connectivity index (χ3v) is 17.2. The molecule has 6 fully saturated rings. The molecule has 0 amide bonds. The number of aliphatic carboxylic acids is 1. The molecule has 4 heteroatoms. The van der Waals surface area contributed by atoms with Gasteiger partial charge < -0.3 is 14.9 Å². The molecule has 1 saturated heterocycles. The van der Waals surface area contributed by atoms with E-state index in [0.717, 1.165) is 44.9 Å². The number of fused-ring (bicyclic) bond motifs is 7.